The lowest BCUT2D eigenvalue weighted by molar-refractivity contribution is 0.202. The maximum atomic E-state index is 11.9. The van der Waals surface area contributed by atoms with Crippen LogP contribution in [0.1, 0.15) is 11.3 Å². The molecule has 0 saturated carbocycles. The Morgan fingerprint density at radius 2 is 2.14 bits per heavy atom. The standard InChI is InChI=1S/C17H17N3O2/c1-20(11-12-21)17(22)19-16-7-4-5-14(13-16)8-9-15-6-2-3-10-18-15/h2-7,10,13,21H,11-12H2,1H3,(H,19,22). The number of nitrogens with zero attached hydrogens (tertiary/aromatic N) is 2. The highest BCUT2D eigenvalue weighted by Crippen LogP contribution is 2.10. The highest BCUT2D eigenvalue weighted by molar-refractivity contribution is 5.89. The molecule has 2 aromatic rings. The highest BCUT2D eigenvalue weighted by atomic mass is 16.3. The van der Waals surface area contributed by atoms with Crippen LogP contribution in [0.3, 0.4) is 0 Å². The van der Waals surface area contributed by atoms with Gasteiger partial charge in [0.2, 0.25) is 0 Å². The van der Waals surface area contributed by atoms with Crippen molar-refractivity contribution in [1.29, 1.82) is 0 Å². The zero-order valence-electron chi connectivity index (χ0n) is 12.3. The van der Waals surface area contributed by atoms with Crippen LogP contribution < -0.4 is 5.32 Å². The van der Waals surface area contributed by atoms with Crippen molar-refractivity contribution in [2.24, 2.45) is 0 Å². The first-order valence-electron chi connectivity index (χ1n) is 6.85. The Morgan fingerprint density at radius 1 is 1.27 bits per heavy atom. The lowest BCUT2D eigenvalue weighted by Crippen LogP contribution is -2.33. The van der Waals surface area contributed by atoms with Crippen LogP contribution in [0, 0.1) is 11.8 Å². The van der Waals surface area contributed by atoms with Gasteiger partial charge in [0.05, 0.1) is 6.61 Å². The number of urea groups is 1. The minimum absolute atomic E-state index is 0.0699. The Balaban J connectivity index is 2.08. The van der Waals surface area contributed by atoms with E-state index in [1.807, 2.05) is 30.3 Å². The van der Waals surface area contributed by atoms with Crippen LogP contribution in [-0.4, -0.2) is 41.2 Å². The molecule has 0 unspecified atom stereocenters. The van der Waals surface area contributed by atoms with Gasteiger partial charge in [-0.15, -0.1) is 0 Å². The molecule has 5 nitrogen and oxygen atoms in total. The highest BCUT2D eigenvalue weighted by Gasteiger charge is 2.07. The molecule has 2 N–H and O–H groups in total. The Morgan fingerprint density at radius 3 is 2.86 bits per heavy atom. The lowest BCUT2D eigenvalue weighted by Gasteiger charge is -2.16. The number of nitrogens with one attached hydrogen (secondary N) is 1. The van der Waals surface area contributed by atoms with E-state index in [1.54, 1.807) is 25.4 Å². The number of aliphatic hydroxyl groups is 1. The zero-order chi connectivity index (χ0) is 15.8. The summed E-state index contributed by atoms with van der Waals surface area (Å²) in [6, 6.07) is 12.5. The molecule has 0 aliphatic carbocycles. The van der Waals surface area contributed by atoms with E-state index in [0.717, 1.165) is 5.56 Å². The smallest absolute Gasteiger partial charge is 0.321 e. The summed E-state index contributed by atoms with van der Waals surface area (Å²) in [7, 11) is 1.62. The van der Waals surface area contributed by atoms with Crippen LogP contribution in [-0.2, 0) is 0 Å². The molecule has 1 heterocycles. The molecule has 0 fully saturated rings. The molecular weight excluding hydrogens is 278 g/mol. The summed E-state index contributed by atoms with van der Waals surface area (Å²) in [6.45, 7) is 0.213. The summed E-state index contributed by atoms with van der Waals surface area (Å²) in [4.78, 5) is 17.4. The molecule has 0 saturated heterocycles. The van der Waals surface area contributed by atoms with Crippen LogP contribution in [0.5, 0.6) is 0 Å². The summed E-state index contributed by atoms with van der Waals surface area (Å²) >= 11 is 0. The lowest BCUT2D eigenvalue weighted by atomic mass is 10.2. The van der Waals surface area contributed by atoms with Crippen molar-refractivity contribution in [2.75, 3.05) is 25.5 Å². The fourth-order valence-electron chi connectivity index (χ4n) is 1.72. The number of aliphatic hydroxyl groups excluding tert-OH is 1. The van der Waals surface area contributed by atoms with Gasteiger partial charge in [0.15, 0.2) is 0 Å². The molecule has 2 amide bonds. The Hall–Kier alpha value is -2.84. The molecule has 0 aliphatic rings. The molecular formula is C17H17N3O2. The summed E-state index contributed by atoms with van der Waals surface area (Å²) in [5.41, 5.74) is 2.13. The zero-order valence-corrected chi connectivity index (χ0v) is 12.3. The number of anilines is 1. The van der Waals surface area contributed by atoms with E-state index in [4.69, 9.17) is 5.11 Å². The van der Waals surface area contributed by atoms with Gasteiger partial charge in [-0.3, -0.25) is 0 Å². The van der Waals surface area contributed by atoms with E-state index >= 15 is 0 Å². The predicted molar refractivity (Wildman–Crippen MR) is 85.4 cm³/mol. The number of carbonyl (C=O) groups is 1. The van der Waals surface area contributed by atoms with Crippen LogP contribution in [0.4, 0.5) is 10.5 Å². The van der Waals surface area contributed by atoms with Gasteiger partial charge in [-0.05, 0) is 36.3 Å². The van der Waals surface area contributed by atoms with E-state index in [1.165, 1.54) is 4.90 Å². The van der Waals surface area contributed by atoms with Crippen LogP contribution in [0.15, 0.2) is 48.7 Å². The Bertz CT molecular complexity index is 690. The van der Waals surface area contributed by atoms with Gasteiger partial charge in [-0.1, -0.05) is 18.1 Å². The first-order chi connectivity index (χ1) is 10.7. The fourth-order valence-corrected chi connectivity index (χ4v) is 1.72. The number of likely N-dealkylation sites (N-methyl/N-ethyl adjacent to an activating group) is 1. The molecule has 1 aromatic heterocycles. The third-order valence-electron chi connectivity index (χ3n) is 2.90. The summed E-state index contributed by atoms with van der Waals surface area (Å²) in [5.74, 6) is 5.98. The number of carbonyl (C=O) groups excluding carboxylic acids is 1. The van der Waals surface area contributed by atoms with Gasteiger partial charge >= 0.3 is 6.03 Å². The number of hydrogen-bond donors (Lipinski definition) is 2. The number of aromatic nitrogens is 1. The predicted octanol–water partition coefficient (Wildman–Crippen LogP) is 1.94. The number of benzene rings is 1. The van der Waals surface area contributed by atoms with Gasteiger partial charge in [0.1, 0.15) is 5.69 Å². The molecule has 0 spiro atoms. The number of pyridine rings is 1. The third kappa shape index (κ3) is 4.62. The van der Waals surface area contributed by atoms with Crippen molar-refractivity contribution < 1.29 is 9.90 Å². The van der Waals surface area contributed by atoms with E-state index in [-0.39, 0.29) is 19.2 Å². The summed E-state index contributed by atoms with van der Waals surface area (Å²) in [6.07, 6.45) is 1.69. The van der Waals surface area contributed by atoms with Gasteiger partial charge in [-0.2, -0.15) is 0 Å². The third-order valence-corrected chi connectivity index (χ3v) is 2.90. The molecule has 2 rings (SSSR count). The molecule has 112 valence electrons. The first-order valence-corrected chi connectivity index (χ1v) is 6.85. The maximum Gasteiger partial charge on any atom is 0.321 e. The first kappa shape index (κ1) is 15.5. The van der Waals surface area contributed by atoms with Crippen LogP contribution in [0.25, 0.3) is 0 Å². The summed E-state index contributed by atoms with van der Waals surface area (Å²) in [5, 5.41) is 11.6. The normalized spacial score (nSPS) is 9.55. The molecule has 5 heteroatoms. The van der Waals surface area contributed by atoms with E-state index < -0.39 is 0 Å². The molecule has 0 bridgehead atoms. The van der Waals surface area contributed by atoms with Crippen molar-refractivity contribution in [1.82, 2.24) is 9.88 Å². The van der Waals surface area contributed by atoms with Gasteiger partial charge in [0, 0.05) is 31.0 Å². The molecule has 0 aliphatic heterocycles. The molecule has 0 atom stereocenters. The maximum absolute atomic E-state index is 11.9. The second-order valence-corrected chi connectivity index (χ2v) is 4.62. The SMILES string of the molecule is CN(CCO)C(=O)Nc1cccc(C#Cc2ccccn2)c1. The van der Waals surface area contributed by atoms with Crippen molar-refractivity contribution in [3.05, 3.63) is 59.9 Å². The topological polar surface area (TPSA) is 65.5 Å². The monoisotopic (exact) mass is 295 g/mol. The van der Waals surface area contributed by atoms with E-state index in [9.17, 15) is 4.79 Å². The van der Waals surface area contributed by atoms with Crippen molar-refractivity contribution in [3.8, 4) is 11.8 Å². The Kier molecular flexibility index (Phi) is 5.52. The van der Waals surface area contributed by atoms with Gasteiger partial charge < -0.3 is 15.3 Å². The average Bonchev–Trinajstić information content (AvgIpc) is 2.54. The van der Waals surface area contributed by atoms with Crippen molar-refractivity contribution in [3.63, 3.8) is 0 Å². The quantitative estimate of drug-likeness (QED) is 0.851. The number of amides is 2. The average molecular weight is 295 g/mol. The number of hydrogen-bond acceptors (Lipinski definition) is 3. The van der Waals surface area contributed by atoms with Crippen LogP contribution >= 0.6 is 0 Å². The van der Waals surface area contributed by atoms with Crippen LogP contribution in [0.2, 0.25) is 0 Å². The second kappa shape index (κ2) is 7.81. The van der Waals surface area contributed by atoms with E-state index in [0.29, 0.717) is 11.4 Å². The second-order valence-electron chi connectivity index (χ2n) is 4.62. The summed E-state index contributed by atoms with van der Waals surface area (Å²) < 4.78 is 0. The minimum Gasteiger partial charge on any atom is -0.395 e. The van der Waals surface area contributed by atoms with Gasteiger partial charge in [-0.25, -0.2) is 9.78 Å². The van der Waals surface area contributed by atoms with Crippen molar-refractivity contribution in [2.45, 2.75) is 0 Å². The Labute approximate surface area is 129 Å². The minimum atomic E-state index is -0.274. The van der Waals surface area contributed by atoms with Crippen molar-refractivity contribution >= 4 is 11.7 Å². The largest absolute Gasteiger partial charge is 0.395 e. The van der Waals surface area contributed by atoms with Gasteiger partial charge in [0.25, 0.3) is 0 Å². The fraction of sp³-hybridized carbons (Fsp3) is 0.176. The molecule has 22 heavy (non-hydrogen) atoms. The molecule has 1 aromatic carbocycles. The number of rotatable bonds is 3. The van der Waals surface area contributed by atoms with E-state index in [2.05, 4.69) is 22.1 Å². The molecule has 0 radical (unpaired) electrons.